The quantitative estimate of drug-likeness (QED) is 0.116. The lowest BCUT2D eigenvalue weighted by molar-refractivity contribution is 0.517. The van der Waals surface area contributed by atoms with Crippen molar-refractivity contribution in [3.63, 3.8) is 0 Å². The second-order valence-electron chi connectivity index (χ2n) is 16.7. The zero-order valence-corrected chi connectivity index (χ0v) is 35.9. The highest BCUT2D eigenvalue weighted by atomic mass is 19.1. The first kappa shape index (κ1) is 40.5. The van der Waals surface area contributed by atoms with Crippen LogP contribution in [0.25, 0.3) is 22.5 Å². The van der Waals surface area contributed by atoms with Gasteiger partial charge in [0, 0.05) is 12.4 Å². The van der Waals surface area contributed by atoms with Crippen LogP contribution in [0.1, 0.15) is 66.8 Å². The van der Waals surface area contributed by atoms with Gasteiger partial charge in [-0.3, -0.25) is 9.97 Å². The third kappa shape index (κ3) is 7.67. The highest BCUT2D eigenvalue weighted by Gasteiger charge is 2.31. The van der Waals surface area contributed by atoms with E-state index in [1.54, 1.807) is 0 Å². The standard InChI is InChI=1S/C51H51B2F2N3/c1-28-17-32(5)46(33(6)18-28)52(47-34(7)19-29(2)20-35(47)8)40-13-15-44(56-26-40)42-25-43(51(55)58-50(42)54)45-16-14-41(27-57-45)53(48-36(9)21-30(3)22-37(48)10)49-38(11)23-31(4)24-39(49)12/h13-27H,1-12H3. The van der Waals surface area contributed by atoms with E-state index in [0.717, 1.165) is 10.9 Å². The molecule has 0 aliphatic rings. The van der Waals surface area contributed by atoms with Crippen molar-refractivity contribution in [1.29, 1.82) is 0 Å². The summed E-state index contributed by atoms with van der Waals surface area (Å²) in [4.78, 5) is 13.4. The molecule has 0 spiro atoms. The molecule has 0 bridgehead atoms. The lowest BCUT2D eigenvalue weighted by Crippen LogP contribution is -2.56. The van der Waals surface area contributed by atoms with Crippen LogP contribution in [-0.2, 0) is 0 Å². The second-order valence-corrected chi connectivity index (χ2v) is 16.7. The first-order chi connectivity index (χ1) is 27.5. The van der Waals surface area contributed by atoms with Gasteiger partial charge in [-0.25, -0.2) is 0 Å². The van der Waals surface area contributed by atoms with Gasteiger partial charge >= 0.3 is 0 Å². The van der Waals surface area contributed by atoms with E-state index in [1.165, 1.54) is 94.7 Å². The molecule has 0 saturated heterocycles. The average molecular weight is 766 g/mol. The summed E-state index contributed by atoms with van der Waals surface area (Å²) in [6, 6.07) is 27.0. The molecule has 0 saturated carbocycles. The molecule has 0 amide bonds. The Kier molecular flexibility index (Phi) is 11.1. The molecule has 0 unspecified atom stereocenters. The fourth-order valence-corrected chi connectivity index (χ4v) is 9.84. The number of aryl methyl sites for hydroxylation is 12. The van der Waals surface area contributed by atoms with Crippen LogP contribution >= 0.6 is 0 Å². The van der Waals surface area contributed by atoms with Gasteiger partial charge in [-0.2, -0.15) is 13.8 Å². The Morgan fingerprint density at radius 1 is 0.362 bits per heavy atom. The zero-order valence-electron chi connectivity index (χ0n) is 35.9. The van der Waals surface area contributed by atoms with E-state index in [1.807, 2.05) is 36.7 Å². The summed E-state index contributed by atoms with van der Waals surface area (Å²) < 4.78 is 31.3. The van der Waals surface area contributed by atoms with Crippen LogP contribution < -0.4 is 32.8 Å². The van der Waals surface area contributed by atoms with E-state index in [9.17, 15) is 0 Å². The fraction of sp³-hybridized carbons (Fsp3) is 0.235. The van der Waals surface area contributed by atoms with Crippen LogP contribution in [0.2, 0.25) is 0 Å². The van der Waals surface area contributed by atoms with Crippen molar-refractivity contribution in [3.8, 4) is 22.5 Å². The second kappa shape index (κ2) is 15.9. The molecule has 0 aliphatic heterocycles. The molecule has 0 radical (unpaired) electrons. The van der Waals surface area contributed by atoms with Crippen LogP contribution in [0.4, 0.5) is 8.78 Å². The Hall–Kier alpha value is -5.68. The minimum absolute atomic E-state index is 0.0824. The van der Waals surface area contributed by atoms with E-state index in [-0.39, 0.29) is 24.6 Å². The molecular formula is C51H51B2F2N3. The molecule has 3 heterocycles. The number of benzene rings is 4. The summed E-state index contributed by atoms with van der Waals surface area (Å²) in [5.74, 6) is -1.83. The smallest absolute Gasteiger partial charge is 0.244 e. The highest BCUT2D eigenvalue weighted by molar-refractivity contribution is 6.97. The van der Waals surface area contributed by atoms with Crippen LogP contribution in [0, 0.1) is 95.0 Å². The summed E-state index contributed by atoms with van der Waals surface area (Å²) in [6.07, 6.45) is 3.66. The van der Waals surface area contributed by atoms with Gasteiger partial charge in [0.15, 0.2) is 0 Å². The summed E-state index contributed by atoms with van der Waals surface area (Å²) in [5.41, 5.74) is 22.5. The topological polar surface area (TPSA) is 38.7 Å². The van der Waals surface area contributed by atoms with E-state index in [2.05, 4.69) is 137 Å². The first-order valence-corrected chi connectivity index (χ1v) is 20.1. The van der Waals surface area contributed by atoms with Gasteiger partial charge in [-0.05, 0) is 101 Å². The molecule has 58 heavy (non-hydrogen) atoms. The predicted octanol–water partition coefficient (Wildman–Crippen LogP) is 8.22. The largest absolute Gasteiger partial charge is 0.257 e. The molecule has 0 atom stereocenters. The number of nitrogens with zero attached hydrogens (tertiary/aromatic N) is 3. The lowest BCUT2D eigenvalue weighted by Gasteiger charge is -2.24. The van der Waals surface area contributed by atoms with E-state index in [4.69, 9.17) is 9.97 Å². The molecule has 290 valence electrons. The van der Waals surface area contributed by atoms with E-state index >= 15 is 8.78 Å². The molecule has 0 fully saturated rings. The number of pyridine rings is 3. The van der Waals surface area contributed by atoms with Crippen molar-refractivity contribution in [2.75, 3.05) is 0 Å². The number of rotatable bonds is 8. The highest BCUT2D eigenvalue weighted by Crippen LogP contribution is 2.28. The summed E-state index contributed by atoms with van der Waals surface area (Å²) in [7, 11) is 0. The molecular weight excluding hydrogens is 714 g/mol. The third-order valence-electron chi connectivity index (χ3n) is 11.8. The fourth-order valence-electron chi connectivity index (χ4n) is 9.84. The van der Waals surface area contributed by atoms with Gasteiger partial charge in [-0.1, -0.05) is 160 Å². The minimum Gasteiger partial charge on any atom is -0.257 e. The molecule has 0 N–H and O–H groups in total. The Morgan fingerprint density at radius 2 is 0.621 bits per heavy atom. The Balaban J connectivity index is 1.30. The number of aromatic nitrogens is 3. The lowest BCUT2D eigenvalue weighted by atomic mass is 9.34. The maximum Gasteiger partial charge on any atom is 0.244 e. The Bertz CT molecular complexity index is 2330. The minimum atomic E-state index is -0.916. The van der Waals surface area contributed by atoms with Crippen LogP contribution in [-0.4, -0.2) is 28.4 Å². The molecule has 3 nitrogen and oxygen atoms in total. The summed E-state index contributed by atoms with van der Waals surface area (Å²) >= 11 is 0. The van der Waals surface area contributed by atoms with Crippen molar-refractivity contribution in [2.24, 2.45) is 0 Å². The molecule has 7 aromatic rings. The van der Waals surface area contributed by atoms with Crippen LogP contribution in [0.15, 0.2) is 91.3 Å². The molecule has 7 heteroatoms. The summed E-state index contributed by atoms with van der Waals surface area (Å²) in [5, 5.41) is 0. The Labute approximate surface area is 344 Å². The molecule has 3 aromatic heterocycles. The normalized spacial score (nSPS) is 11.3. The van der Waals surface area contributed by atoms with Crippen molar-refractivity contribution >= 4 is 46.2 Å². The van der Waals surface area contributed by atoms with Gasteiger partial charge in [0.05, 0.1) is 22.5 Å². The Morgan fingerprint density at radius 3 is 0.845 bits per heavy atom. The van der Waals surface area contributed by atoms with Crippen molar-refractivity contribution in [2.45, 2.75) is 83.1 Å². The van der Waals surface area contributed by atoms with E-state index in [0.29, 0.717) is 11.4 Å². The molecule has 4 aromatic carbocycles. The zero-order chi connectivity index (χ0) is 41.7. The van der Waals surface area contributed by atoms with Crippen LogP contribution in [0.5, 0.6) is 0 Å². The van der Waals surface area contributed by atoms with Gasteiger partial charge in [-0.15, -0.1) is 0 Å². The summed E-state index contributed by atoms with van der Waals surface area (Å²) in [6.45, 7) is 25.7. The first-order valence-electron chi connectivity index (χ1n) is 20.1. The monoisotopic (exact) mass is 765 g/mol. The van der Waals surface area contributed by atoms with Crippen molar-refractivity contribution < 1.29 is 8.78 Å². The van der Waals surface area contributed by atoms with Gasteiger partial charge < -0.3 is 0 Å². The van der Waals surface area contributed by atoms with E-state index < -0.39 is 11.9 Å². The van der Waals surface area contributed by atoms with Gasteiger partial charge in [0.1, 0.15) is 0 Å². The molecule has 0 aliphatic carbocycles. The number of halogens is 2. The maximum absolute atomic E-state index is 15.7. The predicted molar refractivity (Wildman–Crippen MR) is 243 cm³/mol. The third-order valence-corrected chi connectivity index (χ3v) is 11.8. The number of hydrogen-bond acceptors (Lipinski definition) is 3. The maximum atomic E-state index is 15.7. The van der Waals surface area contributed by atoms with Gasteiger partial charge in [0.2, 0.25) is 25.3 Å². The van der Waals surface area contributed by atoms with Crippen molar-refractivity contribution in [3.05, 3.63) is 170 Å². The van der Waals surface area contributed by atoms with Crippen LogP contribution in [0.3, 0.4) is 0 Å². The van der Waals surface area contributed by atoms with Crippen molar-refractivity contribution in [1.82, 2.24) is 15.0 Å². The average Bonchev–Trinajstić information content (AvgIpc) is 3.12. The SMILES string of the molecule is Cc1cc(C)c(B(c2ccc(-c3cc(-c4ccc(B(c5c(C)cc(C)cc5C)c5c(C)cc(C)cc5C)cn4)c(F)nc3F)nc2)c2c(C)cc(C)cc2C)c(C)c1. The van der Waals surface area contributed by atoms with Gasteiger partial charge in [0.25, 0.3) is 0 Å². The number of hydrogen-bond donors (Lipinski definition) is 0. The molecule has 7 rings (SSSR count).